The van der Waals surface area contributed by atoms with Crippen LogP contribution in [0.15, 0.2) is 0 Å². The first-order chi connectivity index (χ1) is 8.09. The molecule has 2 N–H and O–H groups in total. The zero-order valence-corrected chi connectivity index (χ0v) is 11.1. The molecule has 0 radical (unpaired) electrons. The van der Waals surface area contributed by atoms with Gasteiger partial charge in [-0.25, -0.2) is 0 Å². The third-order valence-electron chi connectivity index (χ3n) is 3.43. The first kappa shape index (κ1) is 14.5. The summed E-state index contributed by atoms with van der Waals surface area (Å²) >= 11 is 0. The molecular weight excluding hydrogens is 216 g/mol. The Morgan fingerprint density at radius 1 is 1.35 bits per heavy atom. The number of carbonyl (C=O) groups is 1. The van der Waals surface area contributed by atoms with Crippen molar-refractivity contribution >= 4 is 5.97 Å². The van der Waals surface area contributed by atoms with Crippen molar-refractivity contribution in [3.63, 3.8) is 0 Å². The van der Waals surface area contributed by atoms with Crippen LogP contribution in [0.2, 0.25) is 0 Å². The summed E-state index contributed by atoms with van der Waals surface area (Å²) in [7, 11) is 0. The molecule has 100 valence electrons. The molecule has 1 rings (SSSR count). The number of rotatable bonds is 7. The van der Waals surface area contributed by atoms with Gasteiger partial charge in [-0.1, -0.05) is 13.8 Å². The fourth-order valence-electron chi connectivity index (χ4n) is 2.31. The average Bonchev–Trinajstić information content (AvgIpc) is 2.29. The summed E-state index contributed by atoms with van der Waals surface area (Å²) in [6, 6.07) is 0.578. The second-order valence-electron chi connectivity index (χ2n) is 5.34. The van der Waals surface area contributed by atoms with Crippen molar-refractivity contribution in [2.24, 2.45) is 5.92 Å². The van der Waals surface area contributed by atoms with Gasteiger partial charge in [0.15, 0.2) is 0 Å². The van der Waals surface area contributed by atoms with Crippen LogP contribution in [-0.2, 0) is 4.79 Å². The number of aliphatic carboxylic acids is 1. The van der Waals surface area contributed by atoms with Gasteiger partial charge in [0.05, 0.1) is 6.42 Å². The molecule has 1 heterocycles. The van der Waals surface area contributed by atoms with E-state index >= 15 is 0 Å². The van der Waals surface area contributed by atoms with Crippen LogP contribution >= 0.6 is 0 Å². The molecule has 0 aromatic rings. The molecule has 1 fully saturated rings. The lowest BCUT2D eigenvalue weighted by molar-refractivity contribution is -0.137. The molecule has 0 spiro atoms. The van der Waals surface area contributed by atoms with E-state index in [1.807, 2.05) is 0 Å². The van der Waals surface area contributed by atoms with Crippen molar-refractivity contribution in [2.75, 3.05) is 26.2 Å². The molecule has 0 amide bonds. The third-order valence-corrected chi connectivity index (χ3v) is 3.43. The smallest absolute Gasteiger partial charge is 0.304 e. The SMILES string of the molecule is CC(C)CCN(CCC(=O)O)C1CCNCC1. The molecule has 1 saturated heterocycles. The predicted molar refractivity (Wildman–Crippen MR) is 69.2 cm³/mol. The molecular formula is C13H26N2O2. The van der Waals surface area contributed by atoms with Crippen molar-refractivity contribution in [3.05, 3.63) is 0 Å². The predicted octanol–water partition coefficient (Wildman–Crippen LogP) is 1.56. The summed E-state index contributed by atoms with van der Waals surface area (Å²) < 4.78 is 0. The van der Waals surface area contributed by atoms with Gasteiger partial charge >= 0.3 is 5.97 Å². The van der Waals surface area contributed by atoms with Crippen LogP contribution in [0.5, 0.6) is 0 Å². The highest BCUT2D eigenvalue weighted by atomic mass is 16.4. The van der Waals surface area contributed by atoms with Gasteiger partial charge in [0.25, 0.3) is 0 Å². The van der Waals surface area contributed by atoms with E-state index in [1.165, 1.54) is 0 Å². The van der Waals surface area contributed by atoms with Crippen LogP contribution in [0.25, 0.3) is 0 Å². The minimum Gasteiger partial charge on any atom is -0.481 e. The van der Waals surface area contributed by atoms with Crippen molar-refractivity contribution < 1.29 is 9.90 Å². The van der Waals surface area contributed by atoms with Crippen LogP contribution in [0.1, 0.15) is 39.5 Å². The van der Waals surface area contributed by atoms with E-state index in [2.05, 4.69) is 24.1 Å². The normalized spacial score (nSPS) is 17.9. The number of piperidine rings is 1. The second kappa shape index (κ2) is 7.67. The first-order valence-electron chi connectivity index (χ1n) is 6.76. The minimum absolute atomic E-state index is 0.266. The van der Waals surface area contributed by atoms with Gasteiger partial charge < -0.3 is 10.4 Å². The lowest BCUT2D eigenvalue weighted by atomic mass is 10.0. The quantitative estimate of drug-likeness (QED) is 0.711. The highest BCUT2D eigenvalue weighted by molar-refractivity contribution is 5.66. The number of hydrogen-bond donors (Lipinski definition) is 2. The second-order valence-corrected chi connectivity index (χ2v) is 5.34. The molecule has 0 unspecified atom stereocenters. The molecule has 0 aromatic carbocycles. The van der Waals surface area contributed by atoms with Crippen molar-refractivity contribution in [1.29, 1.82) is 0 Å². The Morgan fingerprint density at radius 3 is 2.53 bits per heavy atom. The average molecular weight is 242 g/mol. The largest absolute Gasteiger partial charge is 0.481 e. The summed E-state index contributed by atoms with van der Waals surface area (Å²) in [6.07, 6.45) is 3.72. The van der Waals surface area contributed by atoms with Crippen molar-refractivity contribution in [2.45, 2.75) is 45.6 Å². The van der Waals surface area contributed by atoms with Gasteiger partial charge in [-0.15, -0.1) is 0 Å². The Balaban J connectivity index is 2.41. The minimum atomic E-state index is -0.687. The first-order valence-corrected chi connectivity index (χ1v) is 6.76. The zero-order valence-electron chi connectivity index (χ0n) is 11.1. The van der Waals surface area contributed by atoms with E-state index in [4.69, 9.17) is 5.11 Å². The van der Waals surface area contributed by atoms with Gasteiger partial charge in [0, 0.05) is 12.6 Å². The highest BCUT2D eigenvalue weighted by Gasteiger charge is 2.21. The topological polar surface area (TPSA) is 52.6 Å². The number of carboxylic acid groups (broad SMARTS) is 1. The van der Waals surface area contributed by atoms with Gasteiger partial charge in [-0.3, -0.25) is 9.69 Å². The molecule has 0 saturated carbocycles. The maximum Gasteiger partial charge on any atom is 0.304 e. The summed E-state index contributed by atoms with van der Waals surface area (Å²) in [5, 5.41) is 12.2. The van der Waals surface area contributed by atoms with Crippen molar-refractivity contribution in [1.82, 2.24) is 10.2 Å². The van der Waals surface area contributed by atoms with Crippen LogP contribution in [0.3, 0.4) is 0 Å². The number of carboxylic acids is 1. The van der Waals surface area contributed by atoms with Crippen LogP contribution in [0, 0.1) is 5.92 Å². The molecule has 0 aliphatic carbocycles. The lowest BCUT2D eigenvalue weighted by Gasteiger charge is -2.34. The molecule has 1 aliphatic heterocycles. The lowest BCUT2D eigenvalue weighted by Crippen LogP contribution is -2.44. The molecule has 4 heteroatoms. The van der Waals surface area contributed by atoms with Crippen molar-refractivity contribution in [3.8, 4) is 0 Å². The molecule has 0 aromatic heterocycles. The number of nitrogens with zero attached hydrogens (tertiary/aromatic N) is 1. The Kier molecular flexibility index (Phi) is 6.52. The molecule has 0 atom stereocenters. The Labute approximate surface area is 104 Å². The summed E-state index contributed by atoms with van der Waals surface area (Å²) in [6.45, 7) is 8.31. The summed E-state index contributed by atoms with van der Waals surface area (Å²) in [5.74, 6) is -0.00229. The van der Waals surface area contributed by atoms with Gasteiger partial charge in [-0.2, -0.15) is 0 Å². The Bertz CT molecular complexity index is 225. The van der Waals surface area contributed by atoms with Gasteiger partial charge in [-0.05, 0) is 44.8 Å². The van der Waals surface area contributed by atoms with Gasteiger partial charge in [0.1, 0.15) is 0 Å². The van der Waals surface area contributed by atoms with E-state index in [-0.39, 0.29) is 6.42 Å². The summed E-state index contributed by atoms with van der Waals surface area (Å²) in [4.78, 5) is 13.1. The van der Waals surface area contributed by atoms with Crippen LogP contribution < -0.4 is 5.32 Å². The fourth-order valence-corrected chi connectivity index (χ4v) is 2.31. The number of nitrogens with one attached hydrogen (secondary N) is 1. The summed E-state index contributed by atoms with van der Waals surface area (Å²) in [5.41, 5.74) is 0. The zero-order chi connectivity index (χ0) is 12.7. The number of hydrogen-bond acceptors (Lipinski definition) is 3. The molecule has 17 heavy (non-hydrogen) atoms. The Morgan fingerprint density at radius 2 is 2.00 bits per heavy atom. The third kappa shape index (κ3) is 6.03. The fraction of sp³-hybridized carbons (Fsp3) is 0.923. The molecule has 4 nitrogen and oxygen atoms in total. The van der Waals surface area contributed by atoms with E-state index in [0.717, 1.165) is 38.9 Å². The van der Waals surface area contributed by atoms with E-state index < -0.39 is 5.97 Å². The Hall–Kier alpha value is -0.610. The van der Waals surface area contributed by atoms with Gasteiger partial charge in [0.2, 0.25) is 0 Å². The van der Waals surface area contributed by atoms with E-state index in [0.29, 0.717) is 18.5 Å². The molecule has 1 aliphatic rings. The monoisotopic (exact) mass is 242 g/mol. The maximum absolute atomic E-state index is 10.7. The van der Waals surface area contributed by atoms with Crippen LogP contribution in [-0.4, -0.2) is 48.2 Å². The van der Waals surface area contributed by atoms with Crippen LogP contribution in [0.4, 0.5) is 0 Å². The van der Waals surface area contributed by atoms with E-state index in [9.17, 15) is 4.79 Å². The standard InChI is InChI=1S/C13H26N2O2/c1-11(2)5-9-15(10-6-13(16)17)12-3-7-14-8-4-12/h11-12,14H,3-10H2,1-2H3,(H,16,17). The highest BCUT2D eigenvalue weighted by Crippen LogP contribution is 2.14. The molecule has 0 bridgehead atoms. The van der Waals surface area contributed by atoms with E-state index in [1.54, 1.807) is 0 Å². The maximum atomic E-state index is 10.7.